The average Bonchev–Trinajstić information content (AvgIpc) is 3.22. The van der Waals surface area contributed by atoms with E-state index in [1.165, 1.54) is 0 Å². The first-order valence-electron chi connectivity index (χ1n) is 9.93. The largest absolute Gasteiger partial charge is 0.368 e. The molecule has 1 aromatic heterocycles. The number of carbonyl (C=O) groups excluding carboxylic acids is 2. The van der Waals surface area contributed by atoms with Crippen LogP contribution in [0.25, 0.3) is 10.9 Å². The van der Waals surface area contributed by atoms with Crippen LogP contribution in [0.1, 0.15) is 6.92 Å². The lowest BCUT2D eigenvalue weighted by molar-refractivity contribution is -0.117. The number of hydrogen-bond donors (Lipinski definition) is 3. The number of piperazine rings is 1. The van der Waals surface area contributed by atoms with Gasteiger partial charge in [-0.3, -0.25) is 4.79 Å². The fourth-order valence-electron chi connectivity index (χ4n) is 3.54. The summed E-state index contributed by atoms with van der Waals surface area (Å²) in [7, 11) is 0. The second-order valence-corrected chi connectivity index (χ2v) is 7.83. The van der Waals surface area contributed by atoms with Crippen LogP contribution in [-0.4, -0.2) is 54.0 Å². The van der Waals surface area contributed by atoms with Gasteiger partial charge in [-0.15, -0.1) is 0 Å². The Hall–Kier alpha value is -3.19. The number of amides is 3. The number of H-pyrrole nitrogens is 1. The van der Waals surface area contributed by atoms with E-state index < -0.39 is 6.04 Å². The number of urea groups is 1. The Morgan fingerprint density at radius 3 is 2.50 bits per heavy atom. The third kappa shape index (κ3) is 4.52. The van der Waals surface area contributed by atoms with Crippen LogP contribution in [0, 0.1) is 0 Å². The molecule has 30 heavy (non-hydrogen) atoms. The zero-order valence-electron chi connectivity index (χ0n) is 16.7. The third-order valence-corrected chi connectivity index (χ3v) is 5.57. The smallest absolute Gasteiger partial charge is 0.318 e. The molecule has 0 saturated carbocycles. The lowest BCUT2D eigenvalue weighted by Crippen LogP contribution is -2.54. The van der Waals surface area contributed by atoms with Crippen molar-refractivity contribution in [2.24, 2.45) is 0 Å². The topological polar surface area (TPSA) is 80.5 Å². The predicted molar refractivity (Wildman–Crippen MR) is 120 cm³/mol. The van der Waals surface area contributed by atoms with E-state index in [4.69, 9.17) is 11.6 Å². The standard InChI is InChI=1S/C22H24ClN5O2/c1-15(21(29)26-18-5-2-16-8-9-24-20(16)14-18)25-22(30)28-12-10-27(11-13-28)19-6-3-17(23)4-7-19/h2-9,14-15,24H,10-13H2,1H3,(H,25,30)(H,26,29). The molecule has 2 aromatic carbocycles. The Labute approximate surface area is 180 Å². The molecule has 1 unspecified atom stereocenters. The molecule has 1 atom stereocenters. The first-order valence-corrected chi connectivity index (χ1v) is 10.3. The molecule has 1 aliphatic heterocycles. The summed E-state index contributed by atoms with van der Waals surface area (Å²) in [6, 6.07) is 14.4. The fourth-order valence-corrected chi connectivity index (χ4v) is 3.66. The van der Waals surface area contributed by atoms with E-state index in [-0.39, 0.29) is 11.9 Å². The van der Waals surface area contributed by atoms with Crippen molar-refractivity contribution >= 4 is 45.8 Å². The molecule has 0 spiro atoms. The molecule has 8 heteroatoms. The summed E-state index contributed by atoms with van der Waals surface area (Å²) in [6.07, 6.45) is 1.85. The maximum absolute atomic E-state index is 12.6. The van der Waals surface area contributed by atoms with Gasteiger partial charge in [0.15, 0.2) is 0 Å². The number of fused-ring (bicyclic) bond motifs is 1. The predicted octanol–water partition coefficient (Wildman–Crippen LogP) is 3.68. The number of anilines is 2. The molecule has 0 bridgehead atoms. The zero-order valence-corrected chi connectivity index (χ0v) is 17.4. The molecule has 156 valence electrons. The van der Waals surface area contributed by atoms with Crippen LogP contribution in [0.4, 0.5) is 16.2 Å². The normalized spacial score (nSPS) is 15.1. The van der Waals surface area contributed by atoms with Gasteiger partial charge in [-0.1, -0.05) is 17.7 Å². The maximum Gasteiger partial charge on any atom is 0.318 e. The van der Waals surface area contributed by atoms with E-state index in [2.05, 4.69) is 20.5 Å². The number of hydrogen-bond acceptors (Lipinski definition) is 3. The monoisotopic (exact) mass is 425 g/mol. The van der Waals surface area contributed by atoms with E-state index in [9.17, 15) is 9.59 Å². The van der Waals surface area contributed by atoms with Gasteiger partial charge in [-0.05, 0) is 54.8 Å². The SMILES string of the molecule is CC(NC(=O)N1CCN(c2ccc(Cl)cc2)CC1)C(=O)Nc1ccc2cc[nH]c2c1. The minimum Gasteiger partial charge on any atom is -0.368 e. The van der Waals surface area contributed by atoms with E-state index in [1.807, 2.05) is 54.7 Å². The molecule has 3 aromatic rings. The average molecular weight is 426 g/mol. The van der Waals surface area contributed by atoms with Crippen molar-refractivity contribution in [3.8, 4) is 0 Å². The molecule has 4 rings (SSSR count). The quantitative estimate of drug-likeness (QED) is 0.596. The van der Waals surface area contributed by atoms with Crippen LogP contribution >= 0.6 is 11.6 Å². The van der Waals surface area contributed by atoms with E-state index in [0.717, 1.165) is 29.7 Å². The van der Waals surface area contributed by atoms with Gasteiger partial charge in [-0.25, -0.2) is 4.79 Å². The zero-order chi connectivity index (χ0) is 21.1. The van der Waals surface area contributed by atoms with Gasteiger partial charge in [0.05, 0.1) is 0 Å². The third-order valence-electron chi connectivity index (χ3n) is 5.31. The number of nitrogens with one attached hydrogen (secondary N) is 3. The summed E-state index contributed by atoms with van der Waals surface area (Å²) in [6.45, 7) is 4.32. The van der Waals surface area contributed by atoms with Crippen LogP contribution in [0.15, 0.2) is 54.7 Å². The van der Waals surface area contributed by atoms with Gasteiger partial charge in [0.25, 0.3) is 0 Å². The molecule has 1 fully saturated rings. The van der Waals surface area contributed by atoms with E-state index in [0.29, 0.717) is 23.8 Å². The summed E-state index contributed by atoms with van der Waals surface area (Å²) in [4.78, 5) is 32.2. The molecule has 0 radical (unpaired) electrons. The molecule has 2 heterocycles. The number of aromatic amines is 1. The van der Waals surface area contributed by atoms with Gasteiger partial charge in [0.1, 0.15) is 6.04 Å². The van der Waals surface area contributed by atoms with Crippen molar-refractivity contribution < 1.29 is 9.59 Å². The van der Waals surface area contributed by atoms with Crippen LogP contribution in [-0.2, 0) is 4.79 Å². The van der Waals surface area contributed by atoms with Crippen LogP contribution < -0.4 is 15.5 Å². The van der Waals surface area contributed by atoms with Crippen molar-refractivity contribution in [3.05, 3.63) is 59.8 Å². The van der Waals surface area contributed by atoms with Gasteiger partial charge in [0, 0.05) is 54.3 Å². The lowest BCUT2D eigenvalue weighted by Gasteiger charge is -2.36. The number of nitrogens with zero attached hydrogens (tertiary/aromatic N) is 2. The highest BCUT2D eigenvalue weighted by Crippen LogP contribution is 2.20. The Balaban J connectivity index is 1.27. The number of benzene rings is 2. The minimum atomic E-state index is -0.647. The summed E-state index contributed by atoms with van der Waals surface area (Å²) in [5.41, 5.74) is 2.72. The molecule has 0 aliphatic carbocycles. The molecule has 1 aliphatic rings. The van der Waals surface area contributed by atoms with Crippen molar-refractivity contribution in [2.45, 2.75) is 13.0 Å². The number of aromatic nitrogens is 1. The lowest BCUT2D eigenvalue weighted by atomic mass is 10.2. The second kappa shape index (κ2) is 8.67. The van der Waals surface area contributed by atoms with Crippen molar-refractivity contribution in [1.29, 1.82) is 0 Å². The Morgan fingerprint density at radius 2 is 1.77 bits per heavy atom. The van der Waals surface area contributed by atoms with Crippen LogP contribution in [0.2, 0.25) is 5.02 Å². The fraction of sp³-hybridized carbons (Fsp3) is 0.273. The second-order valence-electron chi connectivity index (χ2n) is 7.39. The molecular formula is C22H24ClN5O2. The summed E-state index contributed by atoms with van der Waals surface area (Å²) < 4.78 is 0. The highest BCUT2D eigenvalue weighted by Gasteiger charge is 2.24. The van der Waals surface area contributed by atoms with Gasteiger partial charge < -0.3 is 25.4 Å². The van der Waals surface area contributed by atoms with E-state index in [1.54, 1.807) is 11.8 Å². The van der Waals surface area contributed by atoms with Crippen molar-refractivity contribution in [3.63, 3.8) is 0 Å². The first-order chi connectivity index (χ1) is 14.5. The number of rotatable bonds is 4. The highest BCUT2D eigenvalue weighted by atomic mass is 35.5. The van der Waals surface area contributed by atoms with Crippen molar-refractivity contribution in [2.75, 3.05) is 36.4 Å². The molecule has 3 N–H and O–H groups in total. The van der Waals surface area contributed by atoms with E-state index >= 15 is 0 Å². The molecular weight excluding hydrogens is 402 g/mol. The molecule has 1 saturated heterocycles. The summed E-state index contributed by atoms with van der Waals surface area (Å²) >= 11 is 5.95. The molecule has 7 nitrogen and oxygen atoms in total. The number of halogens is 1. The minimum absolute atomic E-state index is 0.228. The van der Waals surface area contributed by atoms with Crippen LogP contribution in [0.3, 0.4) is 0 Å². The van der Waals surface area contributed by atoms with Gasteiger partial charge in [0.2, 0.25) is 5.91 Å². The highest BCUT2D eigenvalue weighted by molar-refractivity contribution is 6.30. The molecule has 3 amide bonds. The van der Waals surface area contributed by atoms with Gasteiger partial charge >= 0.3 is 6.03 Å². The Morgan fingerprint density at radius 1 is 1.03 bits per heavy atom. The van der Waals surface area contributed by atoms with Gasteiger partial charge in [-0.2, -0.15) is 0 Å². The maximum atomic E-state index is 12.6. The summed E-state index contributed by atoms with van der Waals surface area (Å²) in [5.74, 6) is -0.256. The first kappa shape index (κ1) is 20.1. The van der Waals surface area contributed by atoms with Crippen LogP contribution in [0.5, 0.6) is 0 Å². The Kier molecular flexibility index (Phi) is 5.81. The Bertz CT molecular complexity index is 1040. The van der Waals surface area contributed by atoms with Crippen molar-refractivity contribution in [1.82, 2.24) is 15.2 Å². The summed E-state index contributed by atoms with van der Waals surface area (Å²) in [5, 5.41) is 7.43. The number of carbonyl (C=O) groups is 2.